The first kappa shape index (κ1) is 15.1. The molecule has 3 N–H and O–H groups in total. The number of hydrogen-bond donors (Lipinski definition) is 2. The molecule has 1 amide bonds. The summed E-state index contributed by atoms with van der Waals surface area (Å²) in [5.74, 6) is -0.226. The standard InChI is InChI=1S/C13H19N3O3/c1-4-13(3,8-14)12(17)15-10-6-5-9(2)11(7-10)16(18)19/h5-7H,4,8,14H2,1-3H3,(H,15,17). The van der Waals surface area contributed by atoms with Crippen LogP contribution in [-0.4, -0.2) is 17.4 Å². The summed E-state index contributed by atoms with van der Waals surface area (Å²) in [5, 5.41) is 13.5. The molecule has 1 atom stereocenters. The van der Waals surface area contributed by atoms with Gasteiger partial charge < -0.3 is 11.1 Å². The van der Waals surface area contributed by atoms with E-state index >= 15 is 0 Å². The quantitative estimate of drug-likeness (QED) is 0.630. The third-order valence-corrected chi connectivity index (χ3v) is 3.44. The molecule has 0 saturated heterocycles. The summed E-state index contributed by atoms with van der Waals surface area (Å²) in [6, 6.07) is 4.62. The molecule has 1 rings (SSSR count). The smallest absolute Gasteiger partial charge is 0.274 e. The van der Waals surface area contributed by atoms with Crippen LogP contribution in [0.4, 0.5) is 11.4 Å². The normalized spacial score (nSPS) is 13.7. The average molecular weight is 265 g/mol. The zero-order valence-electron chi connectivity index (χ0n) is 11.4. The van der Waals surface area contributed by atoms with Gasteiger partial charge in [-0.3, -0.25) is 14.9 Å². The largest absolute Gasteiger partial charge is 0.329 e. The summed E-state index contributed by atoms with van der Waals surface area (Å²) in [7, 11) is 0. The molecule has 0 radical (unpaired) electrons. The van der Waals surface area contributed by atoms with Gasteiger partial charge >= 0.3 is 0 Å². The number of benzene rings is 1. The fourth-order valence-electron chi connectivity index (χ4n) is 1.56. The van der Waals surface area contributed by atoms with Gasteiger partial charge in [0.05, 0.1) is 10.3 Å². The Bertz CT molecular complexity index is 496. The lowest BCUT2D eigenvalue weighted by atomic mass is 9.86. The van der Waals surface area contributed by atoms with Gasteiger partial charge in [0.1, 0.15) is 0 Å². The molecule has 0 saturated carbocycles. The molecule has 1 unspecified atom stereocenters. The fraction of sp³-hybridized carbons (Fsp3) is 0.462. The predicted molar refractivity (Wildman–Crippen MR) is 73.9 cm³/mol. The third-order valence-electron chi connectivity index (χ3n) is 3.44. The molecule has 0 bridgehead atoms. The summed E-state index contributed by atoms with van der Waals surface area (Å²) in [5.41, 5.74) is 5.90. The van der Waals surface area contributed by atoms with E-state index in [-0.39, 0.29) is 18.1 Å². The number of nitrogens with zero attached hydrogens (tertiary/aromatic N) is 1. The van der Waals surface area contributed by atoms with Crippen molar-refractivity contribution >= 4 is 17.3 Å². The van der Waals surface area contributed by atoms with Crippen molar-refractivity contribution < 1.29 is 9.72 Å². The Morgan fingerprint density at radius 1 is 1.53 bits per heavy atom. The number of hydrogen-bond acceptors (Lipinski definition) is 4. The summed E-state index contributed by atoms with van der Waals surface area (Å²) < 4.78 is 0. The lowest BCUT2D eigenvalue weighted by Gasteiger charge is -2.24. The molecule has 1 aromatic rings. The number of carbonyl (C=O) groups excluding carboxylic acids is 1. The van der Waals surface area contributed by atoms with Gasteiger partial charge in [-0.1, -0.05) is 13.0 Å². The highest BCUT2D eigenvalue weighted by molar-refractivity contribution is 5.95. The van der Waals surface area contributed by atoms with Crippen LogP contribution in [-0.2, 0) is 4.79 Å². The van der Waals surface area contributed by atoms with Crippen molar-refractivity contribution in [1.82, 2.24) is 0 Å². The summed E-state index contributed by atoms with van der Waals surface area (Å²) >= 11 is 0. The SMILES string of the molecule is CCC(C)(CN)C(=O)Nc1ccc(C)c([N+](=O)[O-])c1. The van der Waals surface area contributed by atoms with E-state index in [0.29, 0.717) is 17.7 Å². The molecule has 0 fully saturated rings. The van der Waals surface area contributed by atoms with Gasteiger partial charge in [0.25, 0.3) is 5.69 Å². The second-order valence-electron chi connectivity index (χ2n) is 4.83. The third kappa shape index (κ3) is 3.29. The van der Waals surface area contributed by atoms with Gasteiger partial charge in [-0.25, -0.2) is 0 Å². The van der Waals surface area contributed by atoms with E-state index in [9.17, 15) is 14.9 Å². The van der Waals surface area contributed by atoms with Crippen molar-refractivity contribution in [3.05, 3.63) is 33.9 Å². The minimum atomic E-state index is -0.667. The number of rotatable bonds is 5. The first-order valence-electron chi connectivity index (χ1n) is 6.10. The molecule has 0 heterocycles. The van der Waals surface area contributed by atoms with Crippen LogP contribution in [0.25, 0.3) is 0 Å². The Balaban J connectivity index is 2.98. The van der Waals surface area contributed by atoms with Crippen molar-refractivity contribution in [3.63, 3.8) is 0 Å². The molecule has 104 valence electrons. The molecule has 0 aromatic heterocycles. The minimum Gasteiger partial charge on any atom is -0.329 e. The maximum atomic E-state index is 12.1. The van der Waals surface area contributed by atoms with Crippen molar-refractivity contribution in [2.24, 2.45) is 11.1 Å². The van der Waals surface area contributed by atoms with Gasteiger partial charge in [0, 0.05) is 23.9 Å². The maximum absolute atomic E-state index is 12.1. The Hall–Kier alpha value is -1.95. The summed E-state index contributed by atoms with van der Waals surface area (Å²) in [6.07, 6.45) is 0.600. The van der Waals surface area contributed by atoms with Crippen LogP contribution in [0, 0.1) is 22.5 Å². The topological polar surface area (TPSA) is 98.3 Å². The summed E-state index contributed by atoms with van der Waals surface area (Å²) in [4.78, 5) is 22.5. The van der Waals surface area contributed by atoms with E-state index < -0.39 is 10.3 Å². The number of anilines is 1. The number of aryl methyl sites for hydroxylation is 1. The molecule has 6 heteroatoms. The number of nitrogens with one attached hydrogen (secondary N) is 1. The van der Waals surface area contributed by atoms with E-state index in [1.54, 1.807) is 26.0 Å². The fourth-order valence-corrected chi connectivity index (χ4v) is 1.56. The van der Waals surface area contributed by atoms with E-state index in [4.69, 9.17) is 5.73 Å². The van der Waals surface area contributed by atoms with E-state index in [1.807, 2.05) is 6.92 Å². The van der Waals surface area contributed by atoms with E-state index in [2.05, 4.69) is 5.32 Å². The number of nitrogens with two attached hydrogens (primary N) is 1. The first-order chi connectivity index (χ1) is 8.84. The van der Waals surface area contributed by atoms with Gasteiger partial charge in [0.2, 0.25) is 5.91 Å². The Kier molecular flexibility index (Phi) is 4.61. The van der Waals surface area contributed by atoms with Gasteiger partial charge in [0.15, 0.2) is 0 Å². The number of nitro groups is 1. The zero-order chi connectivity index (χ0) is 14.6. The van der Waals surface area contributed by atoms with Crippen LogP contribution < -0.4 is 11.1 Å². The molecule has 0 aliphatic carbocycles. The number of nitro benzene ring substituents is 1. The lowest BCUT2D eigenvalue weighted by molar-refractivity contribution is -0.385. The van der Waals surface area contributed by atoms with Crippen LogP contribution in [0.2, 0.25) is 0 Å². The second kappa shape index (κ2) is 5.79. The molecule has 19 heavy (non-hydrogen) atoms. The van der Waals surface area contributed by atoms with Crippen LogP contribution in [0.3, 0.4) is 0 Å². The highest BCUT2D eigenvalue weighted by Gasteiger charge is 2.29. The van der Waals surface area contributed by atoms with Gasteiger partial charge in [-0.05, 0) is 26.3 Å². The molecular weight excluding hydrogens is 246 g/mol. The molecule has 6 nitrogen and oxygen atoms in total. The van der Waals surface area contributed by atoms with Crippen molar-refractivity contribution in [1.29, 1.82) is 0 Å². The highest BCUT2D eigenvalue weighted by Crippen LogP contribution is 2.25. The monoisotopic (exact) mass is 265 g/mol. The first-order valence-corrected chi connectivity index (χ1v) is 6.10. The average Bonchev–Trinajstić information content (AvgIpc) is 2.39. The van der Waals surface area contributed by atoms with Crippen LogP contribution >= 0.6 is 0 Å². The summed E-state index contributed by atoms with van der Waals surface area (Å²) in [6.45, 7) is 5.53. The molecule has 0 aliphatic heterocycles. The van der Waals surface area contributed by atoms with Gasteiger partial charge in [-0.15, -0.1) is 0 Å². The Labute approximate surface area is 112 Å². The van der Waals surface area contributed by atoms with Crippen LogP contribution in [0.5, 0.6) is 0 Å². The maximum Gasteiger partial charge on any atom is 0.274 e. The molecular formula is C13H19N3O3. The van der Waals surface area contributed by atoms with Crippen molar-refractivity contribution in [2.45, 2.75) is 27.2 Å². The zero-order valence-corrected chi connectivity index (χ0v) is 11.4. The molecule has 0 aliphatic rings. The second-order valence-corrected chi connectivity index (χ2v) is 4.83. The highest BCUT2D eigenvalue weighted by atomic mass is 16.6. The van der Waals surface area contributed by atoms with Crippen LogP contribution in [0.1, 0.15) is 25.8 Å². The lowest BCUT2D eigenvalue weighted by Crippen LogP contribution is -2.39. The minimum absolute atomic E-state index is 0.0104. The van der Waals surface area contributed by atoms with Crippen molar-refractivity contribution in [2.75, 3.05) is 11.9 Å². The number of amides is 1. The number of carbonyl (C=O) groups is 1. The predicted octanol–water partition coefficient (Wildman–Crippen LogP) is 2.22. The Morgan fingerprint density at radius 2 is 2.16 bits per heavy atom. The van der Waals surface area contributed by atoms with Crippen LogP contribution in [0.15, 0.2) is 18.2 Å². The molecule has 0 spiro atoms. The Morgan fingerprint density at radius 3 is 2.63 bits per heavy atom. The van der Waals surface area contributed by atoms with E-state index in [1.165, 1.54) is 6.07 Å². The van der Waals surface area contributed by atoms with E-state index in [0.717, 1.165) is 0 Å². The van der Waals surface area contributed by atoms with Gasteiger partial charge in [-0.2, -0.15) is 0 Å². The molecule has 1 aromatic carbocycles. The van der Waals surface area contributed by atoms with Crippen molar-refractivity contribution in [3.8, 4) is 0 Å².